The molecule has 1 aromatic heterocycles. The fraction of sp³-hybridized carbons (Fsp3) is 0.200. The molecule has 1 aliphatic heterocycles. The smallest absolute Gasteiger partial charge is 0.241 e. The average molecular weight is 298 g/mol. The fourth-order valence-electron chi connectivity index (χ4n) is 2.25. The van der Waals surface area contributed by atoms with E-state index >= 15 is 0 Å². The van der Waals surface area contributed by atoms with Crippen LogP contribution in [0.5, 0.6) is 0 Å². The van der Waals surface area contributed by atoms with Crippen molar-refractivity contribution < 1.29 is 4.79 Å². The van der Waals surface area contributed by atoms with Crippen molar-refractivity contribution in [1.29, 1.82) is 0 Å². The molecule has 0 spiro atoms. The Hall–Kier alpha value is -2.21. The van der Waals surface area contributed by atoms with Gasteiger partial charge in [-0.1, -0.05) is 42.1 Å². The highest BCUT2D eigenvalue weighted by molar-refractivity contribution is 8.15. The van der Waals surface area contributed by atoms with Crippen molar-refractivity contribution in [3.63, 3.8) is 0 Å². The molecule has 21 heavy (non-hydrogen) atoms. The Kier molecular flexibility index (Phi) is 3.47. The van der Waals surface area contributed by atoms with E-state index in [4.69, 9.17) is 0 Å². The molecule has 0 fully saturated rings. The summed E-state index contributed by atoms with van der Waals surface area (Å²) >= 11 is 1.51. The lowest BCUT2D eigenvalue weighted by Gasteiger charge is -2.31. The van der Waals surface area contributed by atoms with Gasteiger partial charge in [0.1, 0.15) is 15.6 Å². The summed E-state index contributed by atoms with van der Waals surface area (Å²) in [5, 5.41) is 6.66. The van der Waals surface area contributed by atoms with Crippen LogP contribution in [0.2, 0.25) is 0 Å². The summed E-state index contributed by atoms with van der Waals surface area (Å²) in [6.07, 6.45) is 4.89. The molecule has 2 aromatic rings. The summed E-state index contributed by atoms with van der Waals surface area (Å²) in [6, 6.07) is 9.87. The molecule has 0 saturated heterocycles. The van der Waals surface area contributed by atoms with E-state index in [1.54, 1.807) is 18.6 Å². The molecule has 0 N–H and O–H groups in total. The largest absolute Gasteiger partial charge is 0.273 e. The maximum Gasteiger partial charge on any atom is 0.241 e. The first-order valence-electron chi connectivity index (χ1n) is 6.51. The number of carbonyl (C=O) groups excluding carboxylic acids is 1. The molecule has 0 saturated carbocycles. The van der Waals surface area contributed by atoms with E-state index in [0.29, 0.717) is 10.7 Å². The Labute approximate surface area is 127 Å². The highest BCUT2D eigenvalue weighted by Gasteiger charge is 2.44. The number of benzene rings is 1. The van der Waals surface area contributed by atoms with Crippen LogP contribution in [-0.2, 0) is 9.67 Å². The molecule has 1 aliphatic rings. The molecule has 0 bridgehead atoms. The van der Waals surface area contributed by atoms with Crippen LogP contribution < -0.4 is 0 Å². The molecule has 0 radical (unpaired) electrons. The Morgan fingerprint density at radius 1 is 1.24 bits per heavy atom. The topological polar surface area (TPSA) is 58.5 Å². The standard InChI is InChI=1S/C15H14N4OS/c1-11(20)19-15(2,12-6-4-3-5-7-12)21-14(18-19)13-10-16-8-9-17-13/h3-10H,1-2H3. The molecular weight excluding hydrogens is 284 g/mol. The van der Waals surface area contributed by atoms with Crippen LogP contribution in [0.4, 0.5) is 0 Å². The molecule has 3 rings (SSSR count). The summed E-state index contributed by atoms with van der Waals surface area (Å²) in [5.74, 6) is -0.104. The van der Waals surface area contributed by atoms with Crippen LogP contribution >= 0.6 is 11.8 Å². The summed E-state index contributed by atoms with van der Waals surface area (Å²) in [4.78, 5) is 19.7. The van der Waals surface area contributed by atoms with Gasteiger partial charge in [-0.3, -0.25) is 14.8 Å². The number of thioether (sulfide) groups is 1. The molecule has 2 heterocycles. The van der Waals surface area contributed by atoms with Crippen LogP contribution in [0.1, 0.15) is 25.1 Å². The maximum absolute atomic E-state index is 12.0. The molecule has 1 aromatic carbocycles. The van der Waals surface area contributed by atoms with Gasteiger partial charge < -0.3 is 0 Å². The van der Waals surface area contributed by atoms with Crippen molar-refractivity contribution in [2.45, 2.75) is 18.7 Å². The van der Waals surface area contributed by atoms with Gasteiger partial charge in [-0.05, 0) is 12.5 Å². The highest BCUT2D eigenvalue weighted by atomic mass is 32.2. The average Bonchev–Trinajstić information content (AvgIpc) is 2.89. The summed E-state index contributed by atoms with van der Waals surface area (Å²) in [7, 11) is 0. The van der Waals surface area contributed by atoms with E-state index < -0.39 is 4.87 Å². The van der Waals surface area contributed by atoms with Gasteiger partial charge in [-0.2, -0.15) is 5.10 Å². The first-order chi connectivity index (χ1) is 10.1. The zero-order valence-electron chi connectivity index (χ0n) is 11.7. The molecule has 6 heteroatoms. The molecule has 106 valence electrons. The number of hydrazone groups is 1. The van der Waals surface area contributed by atoms with E-state index in [9.17, 15) is 4.79 Å². The zero-order chi connectivity index (χ0) is 14.9. The van der Waals surface area contributed by atoms with E-state index in [1.165, 1.54) is 23.7 Å². The number of nitrogens with zero attached hydrogens (tertiary/aromatic N) is 4. The minimum Gasteiger partial charge on any atom is -0.273 e. The van der Waals surface area contributed by atoms with Crippen molar-refractivity contribution in [1.82, 2.24) is 15.0 Å². The lowest BCUT2D eigenvalue weighted by atomic mass is 10.1. The van der Waals surface area contributed by atoms with Gasteiger partial charge in [0, 0.05) is 19.3 Å². The van der Waals surface area contributed by atoms with Gasteiger partial charge in [0.2, 0.25) is 5.91 Å². The van der Waals surface area contributed by atoms with Crippen LogP contribution in [0.3, 0.4) is 0 Å². The molecule has 1 amide bonds. The number of rotatable bonds is 2. The number of amides is 1. The number of hydrogen-bond donors (Lipinski definition) is 0. The first kappa shape index (κ1) is 13.8. The van der Waals surface area contributed by atoms with Gasteiger partial charge in [-0.25, -0.2) is 5.01 Å². The van der Waals surface area contributed by atoms with E-state index in [-0.39, 0.29) is 5.91 Å². The van der Waals surface area contributed by atoms with Crippen molar-refractivity contribution in [2.75, 3.05) is 0 Å². The Morgan fingerprint density at radius 2 is 2.00 bits per heavy atom. The van der Waals surface area contributed by atoms with Crippen LogP contribution in [0.25, 0.3) is 0 Å². The Morgan fingerprint density at radius 3 is 2.62 bits per heavy atom. The normalized spacial score (nSPS) is 21.2. The fourth-order valence-corrected chi connectivity index (χ4v) is 3.47. The minimum absolute atomic E-state index is 0.104. The zero-order valence-corrected chi connectivity index (χ0v) is 12.5. The van der Waals surface area contributed by atoms with Crippen molar-refractivity contribution in [3.8, 4) is 0 Å². The monoisotopic (exact) mass is 298 g/mol. The van der Waals surface area contributed by atoms with Gasteiger partial charge in [-0.15, -0.1) is 0 Å². The van der Waals surface area contributed by atoms with Gasteiger partial charge in [0.25, 0.3) is 0 Å². The molecule has 1 unspecified atom stereocenters. The van der Waals surface area contributed by atoms with Crippen molar-refractivity contribution in [3.05, 3.63) is 60.2 Å². The summed E-state index contributed by atoms with van der Waals surface area (Å²) in [6.45, 7) is 3.51. The Bertz CT molecular complexity index is 689. The van der Waals surface area contributed by atoms with E-state index in [2.05, 4.69) is 15.1 Å². The van der Waals surface area contributed by atoms with E-state index in [0.717, 1.165) is 5.56 Å². The quantitative estimate of drug-likeness (QED) is 0.855. The summed E-state index contributed by atoms with van der Waals surface area (Å²) in [5.41, 5.74) is 1.70. The molecule has 5 nitrogen and oxygen atoms in total. The van der Waals surface area contributed by atoms with E-state index in [1.807, 2.05) is 37.3 Å². The third-order valence-corrected chi connectivity index (χ3v) is 4.57. The number of hydrogen-bond acceptors (Lipinski definition) is 5. The molecule has 1 atom stereocenters. The lowest BCUT2D eigenvalue weighted by molar-refractivity contribution is -0.131. The van der Waals surface area contributed by atoms with Crippen LogP contribution in [0.15, 0.2) is 54.0 Å². The predicted molar refractivity (Wildman–Crippen MR) is 82.5 cm³/mol. The number of carbonyl (C=O) groups is 1. The first-order valence-corrected chi connectivity index (χ1v) is 7.33. The Balaban J connectivity index is 2.03. The highest BCUT2D eigenvalue weighted by Crippen LogP contribution is 2.46. The lowest BCUT2D eigenvalue weighted by Crippen LogP contribution is -2.37. The minimum atomic E-state index is -0.569. The third-order valence-electron chi connectivity index (χ3n) is 3.28. The second-order valence-corrected chi connectivity index (χ2v) is 6.16. The van der Waals surface area contributed by atoms with Gasteiger partial charge in [0.05, 0.1) is 6.20 Å². The SMILES string of the molecule is CC(=O)N1N=C(c2cnccn2)SC1(C)c1ccccc1. The molecule has 0 aliphatic carbocycles. The van der Waals surface area contributed by atoms with Crippen LogP contribution in [0, 0.1) is 0 Å². The van der Waals surface area contributed by atoms with Crippen LogP contribution in [-0.4, -0.2) is 25.9 Å². The second-order valence-electron chi connectivity index (χ2n) is 4.78. The van der Waals surface area contributed by atoms with Gasteiger partial charge in [0.15, 0.2) is 0 Å². The third kappa shape index (κ3) is 2.42. The predicted octanol–water partition coefficient (Wildman–Crippen LogP) is 2.61. The number of aromatic nitrogens is 2. The van der Waals surface area contributed by atoms with Crippen molar-refractivity contribution in [2.24, 2.45) is 5.10 Å². The van der Waals surface area contributed by atoms with Crippen molar-refractivity contribution >= 4 is 22.7 Å². The summed E-state index contributed by atoms with van der Waals surface area (Å²) < 4.78 is 0. The van der Waals surface area contributed by atoms with Gasteiger partial charge >= 0.3 is 0 Å². The second kappa shape index (κ2) is 5.29. The molecular formula is C15H14N4OS. The maximum atomic E-state index is 12.0.